The Balaban J connectivity index is 1.44. The molecule has 2 N–H and O–H groups in total. The van der Waals surface area contributed by atoms with Crippen LogP contribution in [0.1, 0.15) is 17.0 Å². The van der Waals surface area contributed by atoms with E-state index >= 15 is 0 Å². The maximum Gasteiger partial charge on any atom is 0.318 e. The van der Waals surface area contributed by atoms with Crippen LogP contribution in [0.4, 0.5) is 17.1 Å². The summed E-state index contributed by atoms with van der Waals surface area (Å²) in [5.41, 5.74) is 9.81. The molecule has 0 fully saturated rings. The Kier molecular flexibility index (Phi) is 7.89. The molecule has 0 spiro atoms. The third kappa shape index (κ3) is 5.46. The molecule has 218 valence electrons. The van der Waals surface area contributed by atoms with Crippen molar-refractivity contribution in [2.24, 2.45) is 16.8 Å². The van der Waals surface area contributed by atoms with Gasteiger partial charge in [-0.3, -0.25) is 20.2 Å². The summed E-state index contributed by atoms with van der Waals surface area (Å²) in [5, 5.41) is 48.5. The Morgan fingerprint density at radius 2 is 1.68 bits per heavy atom. The van der Waals surface area contributed by atoms with Crippen molar-refractivity contribution in [1.82, 2.24) is 4.57 Å². The second kappa shape index (κ2) is 11.9. The van der Waals surface area contributed by atoms with Crippen LogP contribution in [-0.2, 0) is 0 Å². The first-order valence-corrected chi connectivity index (χ1v) is 13.2. The van der Waals surface area contributed by atoms with Crippen LogP contribution in [0, 0.1) is 62.7 Å². The van der Waals surface area contributed by atoms with Crippen molar-refractivity contribution in [3.05, 3.63) is 122 Å². The Morgan fingerprint density at radius 1 is 0.977 bits per heavy atom. The fraction of sp³-hybridized carbons (Fsp3) is 0.129. The first-order chi connectivity index (χ1) is 21.1. The van der Waals surface area contributed by atoms with Gasteiger partial charge in [-0.2, -0.15) is 15.6 Å². The SMILES string of the molecule is Cc1cc(/C=C(/C#N)C2=NN(c3ccccc3)[C@@H](N)[C@@H]2C#N)c(C)n1-c1ccc(Oc2ccc([N+](=O)[O-])cc2[N+](=O)[O-])cc1. The van der Waals surface area contributed by atoms with E-state index in [0.29, 0.717) is 11.4 Å². The van der Waals surface area contributed by atoms with E-state index in [1.54, 1.807) is 35.4 Å². The number of aromatic nitrogens is 1. The van der Waals surface area contributed by atoms with Crippen LogP contribution in [-0.4, -0.2) is 26.3 Å². The minimum Gasteiger partial charge on any atom is -0.450 e. The van der Waals surface area contributed by atoms with Gasteiger partial charge in [-0.25, -0.2) is 5.01 Å². The Bertz CT molecular complexity index is 1920. The zero-order chi connectivity index (χ0) is 31.5. The molecular formula is C31H24N8O5. The van der Waals surface area contributed by atoms with Gasteiger partial charge in [0.1, 0.15) is 23.9 Å². The summed E-state index contributed by atoms with van der Waals surface area (Å²) < 4.78 is 7.64. The van der Waals surface area contributed by atoms with E-state index in [1.807, 2.05) is 54.8 Å². The molecule has 1 aliphatic rings. The van der Waals surface area contributed by atoms with Gasteiger partial charge in [0.05, 0.1) is 39.0 Å². The van der Waals surface area contributed by atoms with Gasteiger partial charge < -0.3 is 15.0 Å². The standard InChI is InChI=1S/C31H24N8O5/c1-19-14-21(15-22(17-32)30-27(18-33)31(34)37(35-30)24-6-4-3-5-7-24)20(2)36(19)23-8-11-26(12-9-23)44-29-13-10-25(38(40)41)16-28(29)39(42)43/h3-16,27,31H,34H2,1-2H3/b22-15-/t27-,31-/m1/s1. The third-order valence-corrected chi connectivity index (χ3v) is 7.13. The van der Waals surface area contributed by atoms with E-state index < -0.39 is 33.3 Å². The first kappa shape index (κ1) is 29.2. The molecule has 3 aromatic carbocycles. The van der Waals surface area contributed by atoms with E-state index in [2.05, 4.69) is 17.2 Å². The highest BCUT2D eigenvalue weighted by Crippen LogP contribution is 2.35. The number of aryl methyl sites for hydroxylation is 1. The normalized spacial score (nSPS) is 16.2. The maximum absolute atomic E-state index is 11.5. The number of nitrogens with zero attached hydrogens (tertiary/aromatic N) is 7. The van der Waals surface area contributed by atoms with Crippen molar-refractivity contribution in [3.8, 4) is 29.3 Å². The molecular weight excluding hydrogens is 564 g/mol. The number of ether oxygens (including phenoxy) is 1. The Labute approximate surface area is 251 Å². The fourth-order valence-electron chi connectivity index (χ4n) is 5.01. The van der Waals surface area contributed by atoms with Crippen LogP contribution in [0.15, 0.2) is 89.5 Å². The van der Waals surface area contributed by atoms with E-state index in [-0.39, 0.29) is 17.0 Å². The molecule has 1 aromatic heterocycles. The lowest BCUT2D eigenvalue weighted by molar-refractivity contribution is -0.394. The molecule has 0 bridgehead atoms. The average molecular weight is 589 g/mol. The topological polar surface area (TPSA) is 190 Å². The zero-order valence-corrected chi connectivity index (χ0v) is 23.5. The highest BCUT2D eigenvalue weighted by atomic mass is 16.6. The van der Waals surface area contributed by atoms with Crippen LogP contribution in [0.3, 0.4) is 0 Å². The van der Waals surface area contributed by atoms with E-state index in [1.165, 1.54) is 6.07 Å². The van der Waals surface area contributed by atoms with Gasteiger partial charge in [0, 0.05) is 23.1 Å². The highest BCUT2D eigenvalue weighted by molar-refractivity contribution is 6.11. The van der Waals surface area contributed by atoms with E-state index in [0.717, 1.165) is 34.8 Å². The van der Waals surface area contributed by atoms with Crippen LogP contribution in [0.5, 0.6) is 11.5 Å². The molecule has 0 saturated carbocycles. The van der Waals surface area contributed by atoms with Crippen LogP contribution >= 0.6 is 0 Å². The van der Waals surface area contributed by atoms with Crippen LogP contribution in [0.2, 0.25) is 0 Å². The van der Waals surface area contributed by atoms with Gasteiger partial charge in [-0.1, -0.05) is 18.2 Å². The minimum atomic E-state index is -0.816. The Morgan fingerprint density at radius 3 is 2.30 bits per heavy atom. The lowest BCUT2D eigenvalue weighted by atomic mass is 9.95. The van der Waals surface area contributed by atoms with Crippen molar-refractivity contribution >= 4 is 28.8 Å². The number of hydrogen-bond donors (Lipinski definition) is 1. The molecule has 2 atom stereocenters. The summed E-state index contributed by atoms with van der Waals surface area (Å²) in [6.45, 7) is 3.79. The molecule has 2 heterocycles. The van der Waals surface area contributed by atoms with Crippen molar-refractivity contribution in [1.29, 1.82) is 10.5 Å². The molecule has 4 aromatic rings. The van der Waals surface area contributed by atoms with E-state index in [4.69, 9.17) is 10.5 Å². The number of allylic oxidation sites excluding steroid dienone is 1. The summed E-state index contributed by atoms with van der Waals surface area (Å²) >= 11 is 0. The van der Waals surface area contributed by atoms with Crippen LogP contribution in [0.25, 0.3) is 11.8 Å². The number of benzene rings is 3. The van der Waals surface area contributed by atoms with Crippen LogP contribution < -0.4 is 15.5 Å². The molecule has 0 saturated heterocycles. The predicted molar refractivity (Wildman–Crippen MR) is 162 cm³/mol. The third-order valence-electron chi connectivity index (χ3n) is 7.13. The molecule has 0 unspecified atom stereocenters. The molecule has 13 heteroatoms. The van der Waals surface area contributed by atoms with E-state index in [9.17, 15) is 30.8 Å². The lowest BCUT2D eigenvalue weighted by Gasteiger charge is -2.21. The van der Waals surface area contributed by atoms with Gasteiger partial charge in [0.2, 0.25) is 5.75 Å². The number of nitro benzene ring substituents is 2. The second-order valence-electron chi connectivity index (χ2n) is 9.86. The summed E-state index contributed by atoms with van der Waals surface area (Å²) in [6, 6.07) is 25.4. The highest BCUT2D eigenvalue weighted by Gasteiger charge is 2.37. The fourth-order valence-corrected chi connectivity index (χ4v) is 5.01. The molecule has 0 aliphatic carbocycles. The van der Waals surface area contributed by atoms with Gasteiger partial charge >= 0.3 is 5.69 Å². The quantitative estimate of drug-likeness (QED) is 0.148. The Hall–Kier alpha value is -6.31. The van der Waals surface area contributed by atoms with Gasteiger partial charge in [-0.15, -0.1) is 0 Å². The van der Waals surface area contributed by atoms with Gasteiger partial charge in [0.15, 0.2) is 0 Å². The lowest BCUT2D eigenvalue weighted by Crippen LogP contribution is -2.40. The molecule has 13 nitrogen and oxygen atoms in total. The molecule has 0 radical (unpaired) electrons. The molecule has 1 aliphatic heterocycles. The van der Waals surface area contributed by atoms with Crippen molar-refractivity contribution in [2.45, 2.75) is 20.0 Å². The number of hydrogen-bond acceptors (Lipinski definition) is 10. The summed E-state index contributed by atoms with van der Waals surface area (Å²) in [7, 11) is 0. The monoisotopic (exact) mass is 588 g/mol. The maximum atomic E-state index is 11.5. The smallest absolute Gasteiger partial charge is 0.318 e. The van der Waals surface area contributed by atoms with Crippen molar-refractivity contribution in [3.63, 3.8) is 0 Å². The summed E-state index contributed by atoms with van der Waals surface area (Å²) in [6.07, 6.45) is 0.934. The first-order valence-electron chi connectivity index (χ1n) is 13.2. The average Bonchev–Trinajstić information content (AvgIpc) is 3.50. The minimum absolute atomic E-state index is 0.130. The van der Waals surface area contributed by atoms with Gasteiger partial charge in [0.25, 0.3) is 5.69 Å². The second-order valence-corrected chi connectivity index (χ2v) is 9.86. The molecule has 44 heavy (non-hydrogen) atoms. The number of nitro groups is 2. The zero-order valence-electron chi connectivity index (χ0n) is 23.5. The molecule has 5 rings (SSSR count). The number of anilines is 1. The predicted octanol–water partition coefficient (Wildman–Crippen LogP) is 5.91. The number of non-ortho nitro benzene ring substituents is 1. The number of nitriles is 2. The number of nitrogens with two attached hydrogens (primary N) is 1. The summed E-state index contributed by atoms with van der Waals surface area (Å²) in [4.78, 5) is 21.0. The number of rotatable bonds is 8. The number of para-hydroxylation sites is 1. The number of hydrazone groups is 1. The van der Waals surface area contributed by atoms with Gasteiger partial charge in [-0.05, 0) is 74.0 Å². The summed E-state index contributed by atoms with van der Waals surface area (Å²) in [5.74, 6) is -0.654. The van der Waals surface area contributed by atoms with Crippen molar-refractivity contribution < 1.29 is 14.6 Å². The van der Waals surface area contributed by atoms with Crippen molar-refractivity contribution in [2.75, 3.05) is 5.01 Å². The largest absolute Gasteiger partial charge is 0.450 e. The molecule has 0 amide bonds.